The summed E-state index contributed by atoms with van der Waals surface area (Å²) >= 11 is 0. The number of aliphatic hydroxyl groups excluding tert-OH is 1. The van der Waals surface area contributed by atoms with Crippen LogP contribution in [0.4, 0.5) is 5.69 Å². The maximum Gasteiger partial charge on any atom is 0.286 e. The van der Waals surface area contributed by atoms with E-state index in [2.05, 4.69) is 27.2 Å². The molecule has 0 aliphatic carbocycles. The van der Waals surface area contributed by atoms with Crippen LogP contribution in [0, 0.1) is 5.41 Å². The zero-order valence-corrected chi connectivity index (χ0v) is 23.5. The number of piperidine rings is 1. The second-order valence-corrected chi connectivity index (χ2v) is 10.7. The van der Waals surface area contributed by atoms with Crippen LogP contribution in [0.25, 0.3) is 11.1 Å². The number of likely N-dealkylation sites (N-methyl/N-ethyl adjacent to an activating group) is 1. The largest absolute Gasteiger partial charge is 0.472 e. The Morgan fingerprint density at radius 1 is 1.05 bits per heavy atom. The quantitative estimate of drug-likeness (QED) is 0.256. The molecule has 0 bridgehead atoms. The Morgan fingerprint density at radius 2 is 1.73 bits per heavy atom. The van der Waals surface area contributed by atoms with E-state index >= 15 is 0 Å². The van der Waals surface area contributed by atoms with Crippen molar-refractivity contribution in [2.24, 2.45) is 0 Å². The zero-order valence-electron chi connectivity index (χ0n) is 23.5. The number of benzene rings is 3. The highest BCUT2D eigenvalue weighted by Gasteiger charge is 2.26. The molecule has 0 aromatic heterocycles. The number of hydrogen-bond donors (Lipinski definition) is 3. The zero-order chi connectivity index (χ0) is 28.6. The van der Waals surface area contributed by atoms with Crippen LogP contribution in [0.1, 0.15) is 23.2 Å². The lowest BCUT2D eigenvalue weighted by molar-refractivity contribution is 0.0371. The van der Waals surface area contributed by atoms with Crippen molar-refractivity contribution in [2.45, 2.75) is 25.0 Å². The molecule has 3 N–H and O–H groups in total. The van der Waals surface area contributed by atoms with Crippen LogP contribution in [0.5, 0.6) is 5.75 Å². The van der Waals surface area contributed by atoms with Gasteiger partial charge in [0.05, 0.1) is 17.4 Å². The summed E-state index contributed by atoms with van der Waals surface area (Å²) in [6.07, 6.45) is 1.06. The number of carbonyl (C=O) groups is 1. The number of nitrogens with zero attached hydrogens (tertiary/aromatic N) is 3. The van der Waals surface area contributed by atoms with Crippen LogP contribution in [0.3, 0.4) is 0 Å². The van der Waals surface area contributed by atoms with Gasteiger partial charge in [-0.05, 0) is 43.7 Å². The van der Waals surface area contributed by atoms with Gasteiger partial charge in [0, 0.05) is 44.8 Å². The number of para-hydroxylation sites is 2. The predicted molar refractivity (Wildman–Crippen MR) is 160 cm³/mol. The molecule has 2 heterocycles. The Hall–Kier alpha value is -3.92. The Morgan fingerprint density at radius 3 is 2.51 bits per heavy atom. The summed E-state index contributed by atoms with van der Waals surface area (Å²) in [4.78, 5) is 18.7. The smallest absolute Gasteiger partial charge is 0.286 e. The number of hydrogen-bond acceptors (Lipinski definition) is 7. The van der Waals surface area contributed by atoms with Crippen LogP contribution in [0.15, 0.2) is 78.9 Å². The summed E-state index contributed by atoms with van der Waals surface area (Å²) in [5, 5.41) is 22.3. The van der Waals surface area contributed by atoms with Crippen molar-refractivity contribution in [2.75, 3.05) is 58.4 Å². The molecule has 2 aliphatic rings. The van der Waals surface area contributed by atoms with E-state index in [9.17, 15) is 9.90 Å². The van der Waals surface area contributed by atoms with E-state index in [0.717, 1.165) is 42.7 Å². The van der Waals surface area contributed by atoms with Gasteiger partial charge in [0.1, 0.15) is 11.9 Å². The number of aliphatic hydroxyl groups is 1. The monoisotopic (exact) mass is 557 g/mol. The lowest BCUT2D eigenvalue weighted by atomic mass is 10.0. The molecule has 216 valence electrons. The molecular weight excluding hydrogens is 518 g/mol. The fourth-order valence-electron chi connectivity index (χ4n) is 5.40. The summed E-state index contributed by atoms with van der Waals surface area (Å²) < 4.78 is 11.7. The number of β-amino-alcohol motifs (C(OH)–C–C–N with tert-alkyl or cyclic N) is 1. The van der Waals surface area contributed by atoms with E-state index in [1.165, 1.54) is 0 Å². The number of anilines is 1. The minimum Gasteiger partial charge on any atom is -0.472 e. The highest BCUT2D eigenvalue weighted by atomic mass is 16.5. The number of fused-ring (bicyclic) bond motifs is 1. The standard InChI is InChI=1S/C32H39N5O4/c1-35(19-20-37-23-40-30-14-8-6-12-28(30)31(37)39)21-25(38)22-36-17-15-26(16-18-36)41-32(33)34-29-13-7-5-11-27(29)24-9-3-2-4-10-24/h2-14,25-26,38H,15-23H2,1H3,(H2,33,34). The van der Waals surface area contributed by atoms with Gasteiger partial charge in [-0.25, -0.2) is 0 Å². The average Bonchev–Trinajstić information content (AvgIpc) is 2.98. The molecule has 3 aromatic rings. The molecule has 5 rings (SSSR count). The van der Waals surface area contributed by atoms with Gasteiger partial charge in [-0.1, -0.05) is 60.7 Å². The lowest BCUT2D eigenvalue weighted by Gasteiger charge is -2.34. The van der Waals surface area contributed by atoms with Crippen LogP contribution >= 0.6 is 0 Å². The van der Waals surface area contributed by atoms with E-state index in [0.29, 0.717) is 37.5 Å². The van der Waals surface area contributed by atoms with Gasteiger partial charge in [-0.15, -0.1) is 0 Å². The highest BCUT2D eigenvalue weighted by Crippen LogP contribution is 2.28. The first-order chi connectivity index (χ1) is 20.0. The Balaban J connectivity index is 1.01. The second kappa shape index (κ2) is 13.6. The average molecular weight is 558 g/mol. The Kier molecular flexibility index (Phi) is 9.51. The van der Waals surface area contributed by atoms with Crippen molar-refractivity contribution in [3.63, 3.8) is 0 Å². The van der Waals surface area contributed by atoms with Gasteiger partial charge in [0.2, 0.25) is 0 Å². The van der Waals surface area contributed by atoms with Crippen molar-refractivity contribution in [1.82, 2.24) is 14.7 Å². The van der Waals surface area contributed by atoms with Crippen molar-refractivity contribution in [3.8, 4) is 16.9 Å². The molecule has 0 spiro atoms. The number of amides is 1. The van der Waals surface area contributed by atoms with Crippen LogP contribution in [-0.2, 0) is 4.74 Å². The fourth-order valence-corrected chi connectivity index (χ4v) is 5.40. The van der Waals surface area contributed by atoms with Gasteiger partial charge >= 0.3 is 0 Å². The Bertz CT molecular complexity index is 1310. The molecule has 1 atom stereocenters. The summed E-state index contributed by atoms with van der Waals surface area (Å²) in [6.45, 7) is 4.13. The minimum atomic E-state index is -0.499. The molecule has 0 radical (unpaired) electrons. The third-order valence-electron chi connectivity index (χ3n) is 7.60. The summed E-state index contributed by atoms with van der Waals surface area (Å²) in [5.41, 5.74) is 3.55. The number of ether oxygens (including phenoxy) is 2. The molecule has 9 heteroatoms. The van der Waals surface area contributed by atoms with Gasteiger partial charge < -0.3 is 34.6 Å². The molecule has 1 fully saturated rings. The fraction of sp³-hybridized carbons (Fsp3) is 0.375. The van der Waals surface area contributed by atoms with Crippen molar-refractivity contribution >= 4 is 17.6 Å². The molecule has 1 saturated heterocycles. The first kappa shape index (κ1) is 28.6. The topological polar surface area (TPSA) is 101 Å². The molecule has 1 unspecified atom stereocenters. The third kappa shape index (κ3) is 7.64. The van der Waals surface area contributed by atoms with E-state index in [1.54, 1.807) is 11.0 Å². The summed E-state index contributed by atoms with van der Waals surface area (Å²) in [6, 6.07) is 25.4. The van der Waals surface area contributed by atoms with Gasteiger partial charge in [-0.2, -0.15) is 0 Å². The first-order valence-corrected chi connectivity index (χ1v) is 14.2. The van der Waals surface area contributed by atoms with Crippen LogP contribution in [0.2, 0.25) is 0 Å². The maximum absolute atomic E-state index is 12.7. The van der Waals surface area contributed by atoms with E-state index in [4.69, 9.17) is 14.9 Å². The van der Waals surface area contributed by atoms with Gasteiger partial charge in [0.25, 0.3) is 11.9 Å². The van der Waals surface area contributed by atoms with E-state index in [-0.39, 0.29) is 24.8 Å². The predicted octanol–water partition coefficient (Wildman–Crippen LogP) is 3.97. The maximum atomic E-state index is 12.7. The normalized spacial score (nSPS) is 16.7. The number of amidine groups is 1. The molecular formula is C32H39N5O4. The molecule has 2 aliphatic heterocycles. The SMILES string of the molecule is CN(CCN1COc2ccccc2C1=O)CC(O)CN1CCC(OC(=N)Nc2ccccc2-c2ccccc2)CC1. The number of nitrogens with one attached hydrogen (secondary N) is 2. The summed E-state index contributed by atoms with van der Waals surface area (Å²) in [5.74, 6) is 0.614. The molecule has 0 saturated carbocycles. The molecule has 9 nitrogen and oxygen atoms in total. The molecule has 3 aromatic carbocycles. The number of rotatable bonds is 10. The number of carbonyl (C=O) groups excluding carboxylic acids is 1. The van der Waals surface area contributed by atoms with Gasteiger partial charge in [0.15, 0.2) is 6.73 Å². The minimum absolute atomic E-state index is 0.0189. The second-order valence-electron chi connectivity index (χ2n) is 10.7. The lowest BCUT2D eigenvalue weighted by Crippen LogP contribution is -2.46. The highest BCUT2D eigenvalue weighted by molar-refractivity contribution is 5.97. The molecule has 41 heavy (non-hydrogen) atoms. The Labute approximate surface area is 241 Å². The van der Waals surface area contributed by atoms with Crippen molar-refractivity contribution in [3.05, 3.63) is 84.4 Å². The van der Waals surface area contributed by atoms with Crippen LogP contribution < -0.4 is 10.1 Å². The van der Waals surface area contributed by atoms with E-state index in [1.807, 2.05) is 67.7 Å². The van der Waals surface area contributed by atoms with Crippen molar-refractivity contribution < 1.29 is 19.4 Å². The van der Waals surface area contributed by atoms with E-state index < -0.39 is 6.10 Å². The third-order valence-corrected chi connectivity index (χ3v) is 7.60. The van der Waals surface area contributed by atoms with Crippen molar-refractivity contribution in [1.29, 1.82) is 5.41 Å². The van der Waals surface area contributed by atoms with Crippen LogP contribution in [-0.4, -0.2) is 97.0 Å². The first-order valence-electron chi connectivity index (χ1n) is 14.2. The van der Waals surface area contributed by atoms with Gasteiger partial charge in [-0.3, -0.25) is 10.2 Å². The summed E-state index contributed by atoms with van der Waals surface area (Å²) in [7, 11) is 1.96. The number of likely N-dealkylation sites (tertiary alicyclic amines) is 1. The molecule has 1 amide bonds.